The van der Waals surface area contributed by atoms with Crippen molar-refractivity contribution in [2.75, 3.05) is 33.2 Å². The average Bonchev–Trinajstić information content (AvgIpc) is 2.89. The van der Waals surface area contributed by atoms with Crippen LogP contribution in [0.4, 0.5) is 0 Å². The smallest absolute Gasteiger partial charge is 0.245 e. The van der Waals surface area contributed by atoms with Crippen LogP contribution in [0, 0.1) is 0 Å². The van der Waals surface area contributed by atoms with Crippen molar-refractivity contribution in [2.24, 2.45) is 0 Å². The first-order chi connectivity index (χ1) is 10.6. The number of amides is 2. The second-order valence-corrected chi connectivity index (χ2v) is 6.19. The van der Waals surface area contributed by atoms with E-state index in [0.29, 0.717) is 19.4 Å². The number of likely N-dealkylation sites (N-methyl/N-ethyl adjacent to an activating group) is 1. The Hall–Kier alpha value is -1.88. The van der Waals surface area contributed by atoms with Crippen molar-refractivity contribution >= 4 is 11.8 Å². The fourth-order valence-electron chi connectivity index (χ4n) is 3.21. The molecule has 0 spiro atoms. The van der Waals surface area contributed by atoms with Gasteiger partial charge in [-0.05, 0) is 19.0 Å². The largest absolute Gasteiger partial charge is 0.338 e. The Morgan fingerprint density at radius 2 is 1.82 bits per heavy atom. The standard InChI is InChI=1S/C17H23N3O2/c1-18-9-11-19(12-10-18)17(22)15-7-8-16(21)20(15)13-14-5-3-2-4-6-14/h2-6,15H,7-13H2,1H3. The number of nitrogens with zero attached hydrogens (tertiary/aromatic N) is 3. The molecule has 2 aliphatic heterocycles. The van der Waals surface area contributed by atoms with Gasteiger partial charge in [-0.25, -0.2) is 0 Å². The summed E-state index contributed by atoms with van der Waals surface area (Å²) in [6.45, 7) is 3.87. The summed E-state index contributed by atoms with van der Waals surface area (Å²) in [5.41, 5.74) is 1.08. The molecule has 1 aromatic carbocycles. The summed E-state index contributed by atoms with van der Waals surface area (Å²) in [4.78, 5) is 30.8. The van der Waals surface area contributed by atoms with Crippen LogP contribution in [-0.4, -0.2) is 65.8 Å². The number of hydrogen-bond donors (Lipinski definition) is 0. The van der Waals surface area contributed by atoms with E-state index in [1.165, 1.54) is 0 Å². The normalized spacial score (nSPS) is 23.1. The van der Waals surface area contributed by atoms with Crippen LogP contribution in [0.2, 0.25) is 0 Å². The van der Waals surface area contributed by atoms with Crippen LogP contribution >= 0.6 is 0 Å². The lowest BCUT2D eigenvalue weighted by Gasteiger charge is -2.35. The lowest BCUT2D eigenvalue weighted by atomic mass is 10.1. The quantitative estimate of drug-likeness (QED) is 0.835. The highest BCUT2D eigenvalue weighted by Crippen LogP contribution is 2.23. The van der Waals surface area contributed by atoms with Gasteiger partial charge in [0.25, 0.3) is 0 Å². The molecule has 2 heterocycles. The first-order valence-electron chi connectivity index (χ1n) is 7.96. The molecule has 0 aliphatic carbocycles. The van der Waals surface area contributed by atoms with Crippen molar-refractivity contribution in [3.05, 3.63) is 35.9 Å². The Balaban J connectivity index is 1.69. The van der Waals surface area contributed by atoms with E-state index >= 15 is 0 Å². The van der Waals surface area contributed by atoms with E-state index in [-0.39, 0.29) is 17.9 Å². The number of hydrogen-bond acceptors (Lipinski definition) is 3. The maximum Gasteiger partial charge on any atom is 0.245 e. The third kappa shape index (κ3) is 3.14. The van der Waals surface area contributed by atoms with Crippen molar-refractivity contribution in [1.29, 1.82) is 0 Å². The third-order valence-electron chi connectivity index (χ3n) is 4.62. The lowest BCUT2D eigenvalue weighted by Crippen LogP contribution is -2.53. The van der Waals surface area contributed by atoms with Crippen LogP contribution < -0.4 is 0 Å². The number of likely N-dealkylation sites (tertiary alicyclic amines) is 1. The van der Waals surface area contributed by atoms with Crippen molar-refractivity contribution in [3.63, 3.8) is 0 Å². The van der Waals surface area contributed by atoms with E-state index in [1.54, 1.807) is 4.90 Å². The van der Waals surface area contributed by atoms with E-state index in [2.05, 4.69) is 11.9 Å². The molecule has 2 saturated heterocycles. The number of benzene rings is 1. The number of rotatable bonds is 3. The number of carbonyl (C=O) groups excluding carboxylic acids is 2. The molecule has 5 nitrogen and oxygen atoms in total. The monoisotopic (exact) mass is 301 g/mol. The van der Waals surface area contributed by atoms with Gasteiger partial charge in [0, 0.05) is 39.1 Å². The molecule has 0 radical (unpaired) electrons. The fourth-order valence-corrected chi connectivity index (χ4v) is 3.21. The van der Waals surface area contributed by atoms with Crippen LogP contribution in [0.1, 0.15) is 18.4 Å². The van der Waals surface area contributed by atoms with Gasteiger partial charge in [0.2, 0.25) is 11.8 Å². The van der Waals surface area contributed by atoms with Crippen LogP contribution in [0.3, 0.4) is 0 Å². The first-order valence-corrected chi connectivity index (χ1v) is 7.96. The maximum atomic E-state index is 12.8. The molecule has 0 N–H and O–H groups in total. The molecule has 1 aromatic rings. The van der Waals surface area contributed by atoms with E-state index in [1.807, 2.05) is 35.2 Å². The maximum absolute atomic E-state index is 12.8. The molecular formula is C17H23N3O2. The number of piperazine rings is 1. The fraction of sp³-hybridized carbons (Fsp3) is 0.529. The minimum atomic E-state index is -0.281. The molecule has 1 atom stereocenters. The van der Waals surface area contributed by atoms with Gasteiger partial charge in [0.1, 0.15) is 6.04 Å². The van der Waals surface area contributed by atoms with Gasteiger partial charge in [-0.15, -0.1) is 0 Å². The highest BCUT2D eigenvalue weighted by molar-refractivity contribution is 5.91. The predicted octanol–water partition coefficient (Wildman–Crippen LogP) is 0.952. The lowest BCUT2D eigenvalue weighted by molar-refractivity contribution is -0.142. The minimum absolute atomic E-state index is 0.0938. The molecule has 2 amide bonds. The van der Waals surface area contributed by atoms with E-state index < -0.39 is 0 Å². The highest BCUT2D eigenvalue weighted by atomic mass is 16.2. The van der Waals surface area contributed by atoms with Gasteiger partial charge >= 0.3 is 0 Å². The molecular weight excluding hydrogens is 278 g/mol. The molecule has 118 valence electrons. The third-order valence-corrected chi connectivity index (χ3v) is 4.62. The van der Waals surface area contributed by atoms with Gasteiger partial charge in [-0.1, -0.05) is 30.3 Å². The molecule has 2 fully saturated rings. The topological polar surface area (TPSA) is 43.9 Å². The molecule has 0 saturated carbocycles. The summed E-state index contributed by atoms with van der Waals surface area (Å²) >= 11 is 0. The Kier molecular flexibility index (Phi) is 4.43. The second kappa shape index (κ2) is 6.48. The highest BCUT2D eigenvalue weighted by Gasteiger charge is 2.38. The summed E-state index contributed by atoms with van der Waals surface area (Å²) in [7, 11) is 2.07. The van der Waals surface area contributed by atoms with E-state index in [0.717, 1.165) is 31.7 Å². The predicted molar refractivity (Wildman–Crippen MR) is 84.1 cm³/mol. The SMILES string of the molecule is CN1CCN(C(=O)C2CCC(=O)N2Cc2ccccc2)CC1. The van der Waals surface area contributed by atoms with Crippen molar-refractivity contribution in [1.82, 2.24) is 14.7 Å². The zero-order valence-corrected chi connectivity index (χ0v) is 13.1. The van der Waals surface area contributed by atoms with Gasteiger partial charge in [0.15, 0.2) is 0 Å². The molecule has 0 aromatic heterocycles. The Morgan fingerprint density at radius 3 is 2.50 bits per heavy atom. The first kappa shape index (κ1) is 15.0. The Bertz CT molecular complexity index is 538. The van der Waals surface area contributed by atoms with Crippen LogP contribution in [0.15, 0.2) is 30.3 Å². The summed E-state index contributed by atoms with van der Waals surface area (Å²) < 4.78 is 0. The Labute approximate surface area is 131 Å². The second-order valence-electron chi connectivity index (χ2n) is 6.19. The molecule has 2 aliphatic rings. The summed E-state index contributed by atoms with van der Waals surface area (Å²) in [6.07, 6.45) is 1.13. The summed E-state index contributed by atoms with van der Waals surface area (Å²) in [6, 6.07) is 9.62. The Morgan fingerprint density at radius 1 is 1.14 bits per heavy atom. The van der Waals surface area contributed by atoms with Crippen molar-refractivity contribution in [2.45, 2.75) is 25.4 Å². The zero-order chi connectivity index (χ0) is 15.5. The minimum Gasteiger partial charge on any atom is -0.338 e. The zero-order valence-electron chi connectivity index (χ0n) is 13.1. The van der Waals surface area contributed by atoms with Gasteiger partial charge in [-0.3, -0.25) is 9.59 Å². The summed E-state index contributed by atoms with van der Waals surface area (Å²) in [5, 5.41) is 0. The van der Waals surface area contributed by atoms with E-state index in [9.17, 15) is 9.59 Å². The number of carbonyl (C=O) groups is 2. The van der Waals surface area contributed by atoms with Gasteiger partial charge in [0.05, 0.1) is 0 Å². The summed E-state index contributed by atoms with van der Waals surface area (Å²) in [5.74, 6) is 0.214. The van der Waals surface area contributed by atoms with Crippen LogP contribution in [-0.2, 0) is 16.1 Å². The van der Waals surface area contributed by atoms with Crippen LogP contribution in [0.25, 0.3) is 0 Å². The van der Waals surface area contributed by atoms with E-state index in [4.69, 9.17) is 0 Å². The molecule has 1 unspecified atom stereocenters. The van der Waals surface area contributed by atoms with Gasteiger partial charge < -0.3 is 14.7 Å². The van der Waals surface area contributed by atoms with Crippen LogP contribution in [0.5, 0.6) is 0 Å². The van der Waals surface area contributed by atoms with Crippen molar-refractivity contribution < 1.29 is 9.59 Å². The molecule has 3 rings (SSSR count). The van der Waals surface area contributed by atoms with Crippen molar-refractivity contribution in [3.8, 4) is 0 Å². The molecule has 22 heavy (non-hydrogen) atoms. The van der Waals surface area contributed by atoms with Gasteiger partial charge in [-0.2, -0.15) is 0 Å². The molecule has 5 heteroatoms. The molecule has 0 bridgehead atoms. The average molecular weight is 301 g/mol.